The summed E-state index contributed by atoms with van der Waals surface area (Å²) in [6.45, 7) is 9.33. The Morgan fingerprint density at radius 2 is 1.09 bits per heavy atom. The van der Waals surface area contributed by atoms with Crippen molar-refractivity contribution in [1.29, 1.82) is 0 Å². The number of nitrogens with zero attached hydrogens (tertiary/aromatic N) is 10. The summed E-state index contributed by atoms with van der Waals surface area (Å²) in [6, 6.07) is 13.7. The molecule has 0 aliphatic carbocycles. The molecule has 13 rings (SSSR count). The van der Waals surface area contributed by atoms with Crippen molar-refractivity contribution >= 4 is 45.9 Å². The molecule has 40 nitrogen and oxygen atoms in total. The van der Waals surface area contributed by atoms with Gasteiger partial charge in [-0.25, -0.2) is 33.8 Å². The quantitative estimate of drug-likeness (QED) is 0.00673. The van der Waals surface area contributed by atoms with E-state index in [4.69, 9.17) is 83.9 Å². The molecule has 2 fully saturated rings. The largest absolute Gasteiger partial charge is 0.458 e. The van der Waals surface area contributed by atoms with Gasteiger partial charge < -0.3 is 128 Å². The van der Waals surface area contributed by atoms with Gasteiger partial charge in [0.05, 0.1) is 143 Å². The molecule has 2 unspecified atom stereocenters. The van der Waals surface area contributed by atoms with Gasteiger partial charge in [0.25, 0.3) is 11.1 Å². The van der Waals surface area contributed by atoms with Crippen LogP contribution in [0.3, 0.4) is 0 Å². The number of azide groups is 1. The summed E-state index contributed by atoms with van der Waals surface area (Å²) in [5.74, 6) is 1.49. The normalized spacial score (nSPS) is 23.3. The van der Waals surface area contributed by atoms with E-state index >= 15 is 0 Å². The van der Waals surface area contributed by atoms with Crippen LogP contribution in [0.25, 0.3) is 55.0 Å². The van der Waals surface area contributed by atoms with Gasteiger partial charge in [0.15, 0.2) is 23.8 Å². The summed E-state index contributed by atoms with van der Waals surface area (Å²) in [5.41, 5.74) is 12.4. The average Bonchev–Trinajstić information content (AvgIpc) is 1.55. The minimum absolute atomic E-state index is 0.00719. The van der Waals surface area contributed by atoms with Gasteiger partial charge in [-0.3, -0.25) is 9.59 Å². The second-order valence-electron chi connectivity index (χ2n) is 27.3. The lowest BCUT2D eigenvalue weighted by Crippen LogP contribution is -2.59. The van der Waals surface area contributed by atoms with Crippen molar-refractivity contribution in [2.45, 2.75) is 165 Å². The Balaban J connectivity index is 0.000000197. The molecule has 2 aromatic carbocycles. The van der Waals surface area contributed by atoms with Crippen molar-refractivity contribution < 1.29 is 127 Å². The van der Waals surface area contributed by atoms with E-state index in [0.29, 0.717) is 90.2 Å². The fourth-order valence-electron chi connectivity index (χ4n) is 14.1. The van der Waals surface area contributed by atoms with Crippen molar-refractivity contribution in [3.8, 4) is 46.6 Å². The van der Waals surface area contributed by atoms with Crippen LogP contribution in [-0.2, 0) is 120 Å². The summed E-state index contributed by atoms with van der Waals surface area (Å²) in [6.07, 6.45) is -6.42. The van der Waals surface area contributed by atoms with Gasteiger partial charge in [-0.05, 0) is 90.9 Å². The first-order valence-corrected chi connectivity index (χ1v) is 37.6. The summed E-state index contributed by atoms with van der Waals surface area (Å²) >= 11 is 0. The number of ether oxygens (including phenoxy) is 12. The number of pyridine rings is 4. The van der Waals surface area contributed by atoms with Crippen LogP contribution in [0.1, 0.15) is 90.7 Å². The number of esters is 2. The van der Waals surface area contributed by atoms with Gasteiger partial charge in [-0.15, -0.1) is 11.5 Å². The maximum atomic E-state index is 13.6. The van der Waals surface area contributed by atoms with Crippen molar-refractivity contribution in [1.82, 2.24) is 44.7 Å². The maximum absolute atomic E-state index is 13.6. The van der Waals surface area contributed by atoms with Crippen molar-refractivity contribution in [2.24, 2.45) is 5.11 Å². The van der Waals surface area contributed by atoms with Crippen LogP contribution in [0, 0.1) is 12.3 Å². The van der Waals surface area contributed by atoms with E-state index in [0.717, 1.165) is 33.0 Å². The van der Waals surface area contributed by atoms with E-state index in [1.54, 1.807) is 77.7 Å². The van der Waals surface area contributed by atoms with Crippen molar-refractivity contribution in [3.05, 3.63) is 136 Å². The number of aliphatic hydroxyl groups excluding tert-OH is 8. The number of terminal acetylenes is 1. The van der Waals surface area contributed by atoms with Crippen LogP contribution in [-0.4, -0.2) is 263 Å². The number of amides is 2. The first kappa shape index (κ1) is 86.8. The number of cyclic esters (lactones) is 2. The number of carbonyl (C=O) groups is 4. The molecule has 0 spiro atoms. The predicted octanol–water partition coefficient (Wildman–Crippen LogP) is -0.118. The highest BCUT2D eigenvalue weighted by molar-refractivity contribution is 5.92. The zero-order valence-electron chi connectivity index (χ0n) is 63.8. The van der Waals surface area contributed by atoms with Gasteiger partial charge in [0.1, 0.15) is 85.8 Å². The van der Waals surface area contributed by atoms with Crippen LogP contribution in [0.15, 0.2) is 69.4 Å². The Hall–Kier alpha value is -10.1. The smallest absolute Gasteiger partial charge is 0.412 e. The predicted molar refractivity (Wildman–Crippen MR) is 400 cm³/mol. The van der Waals surface area contributed by atoms with Crippen molar-refractivity contribution in [2.75, 3.05) is 92.3 Å². The van der Waals surface area contributed by atoms with Gasteiger partial charge in [-0.1, -0.05) is 43.9 Å². The Kier molecular flexibility index (Phi) is 29.4. The second-order valence-corrected chi connectivity index (χ2v) is 27.3. The molecule has 12 N–H and O–H groups in total. The monoisotopic (exact) mass is 1620 g/mol. The molecular formula is C76H92N12O28. The summed E-state index contributed by atoms with van der Waals surface area (Å²) in [4.78, 5) is 89.2. The molecule has 116 heavy (non-hydrogen) atoms. The number of rotatable bonds is 31. The number of hydrogen-bond donors (Lipinski definition) is 12. The van der Waals surface area contributed by atoms with E-state index in [1.165, 1.54) is 4.68 Å². The van der Waals surface area contributed by atoms with Gasteiger partial charge in [-0.2, -0.15) is 0 Å². The molecule has 5 aromatic heterocycles. The molecular weight excluding hydrogens is 1530 g/mol. The lowest BCUT2D eigenvalue weighted by Gasteiger charge is -2.39. The Morgan fingerprint density at radius 3 is 1.53 bits per heavy atom. The highest BCUT2D eigenvalue weighted by Crippen LogP contribution is 2.43. The fourth-order valence-corrected chi connectivity index (χ4v) is 14.1. The van der Waals surface area contributed by atoms with E-state index in [2.05, 4.69) is 36.9 Å². The zero-order valence-corrected chi connectivity index (χ0v) is 63.8. The maximum Gasteiger partial charge on any atom is 0.412 e. The van der Waals surface area contributed by atoms with Crippen molar-refractivity contribution in [3.63, 3.8) is 0 Å². The third-order valence-corrected chi connectivity index (χ3v) is 20.3. The van der Waals surface area contributed by atoms with Crippen LogP contribution in [0.2, 0.25) is 0 Å². The number of benzene rings is 2. The number of aliphatic hydroxyl groups is 10. The SMILES string of the molecule is C#CCOCCOCCNC(=O)Oc1ccc2nc3c(c(CC)c2c1)Cn1c-3cc2c(c1=O)COC(=O)C2(O)CC.CCc1c2c(nc3ccc(OC(=O)NCCOCCOCc4cn(CCO[C@H]5O[C@@H](CO)[C@H](O)[C@@H](O)[C@@H]5O)nn4)cc13)-c1cc3c(c(=O)n1C2)COC(=O)C3(O)CC.[N-]=[N+]=NCCO[C@H]1O[C@@H](CO)[C@H](O)[C@@H](O)[C@@H]1O. The van der Waals surface area contributed by atoms with Crippen LogP contribution in [0.5, 0.6) is 11.5 Å². The number of aromatic nitrogens is 7. The number of nitrogens with one attached hydrogen (secondary N) is 2. The highest BCUT2D eigenvalue weighted by Gasteiger charge is 2.49. The highest BCUT2D eigenvalue weighted by atomic mass is 16.7. The van der Waals surface area contributed by atoms with E-state index < -0.39 is 110 Å². The van der Waals surface area contributed by atoms with E-state index in [9.17, 15) is 74.7 Å². The fraction of sp³-hybridized carbons (Fsp3) is 0.526. The third kappa shape index (κ3) is 18.8. The number of fused-ring (bicyclic) bond motifs is 10. The Bertz CT molecular complexity index is 4930. The minimum atomic E-state index is -1.91. The topological polar surface area (TPSA) is 555 Å². The second kappa shape index (κ2) is 39.3. The van der Waals surface area contributed by atoms with Gasteiger partial charge in [0.2, 0.25) is 0 Å². The molecule has 6 aliphatic heterocycles. The summed E-state index contributed by atoms with van der Waals surface area (Å²) in [7, 11) is 0. The molecule has 624 valence electrons. The van der Waals surface area contributed by atoms with Gasteiger partial charge in [0, 0.05) is 57.6 Å². The number of hydrogen-bond acceptors (Lipinski definition) is 33. The average molecular weight is 1620 g/mol. The molecule has 7 aromatic rings. The zero-order chi connectivity index (χ0) is 83.1. The molecule has 2 saturated heterocycles. The molecule has 0 saturated carbocycles. The first-order chi connectivity index (χ1) is 55.9. The summed E-state index contributed by atoms with van der Waals surface area (Å²) in [5, 5.41) is 117. The van der Waals surface area contributed by atoms with E-state index in [-0.39, 0.29) is 138 Å². The number of aryl methyl sites for hydroxylation is 2. The van der Waals surface area contributed by atoms with Crippen LogP contribution >= 0.6 is 0 Å². The van der Waals surface area contributed by atoms with Crippen LogP contribution in [0.4, 0.5) is 9.59 Å². The first-order valence-electron chi connectivity index (χ1n) is 37.6. The van der Waals surface area contributed by atoms with Gasteiger partial charge >= 0.3 is 24.1 Å². The minimum Gasteiger partial charge on any atom is -0.458 e. The molecule has 0 bridgehead atoms. The molecule has 2 amide bonds. The molecule has 11 heterocycles. The lowest BCUT2D eigenvalue weighted by atomic mass is 9.86. The van der Waals surface area contributed by atoms with Crippen LogP contribution < -0.4 is 31.2 Å². The molecule has 40 heteroatoms. The molecule has 12 atom stereocenters. The van der Waals surface area contributed by atoms with E-state index in [1.807, 2.05) is 13.8 Å². The number of carbonyl (C=O) groups excluding carboxylic acids is 4. The Morgan fingerprint density at radius 1 is 0.621 bits per heavy atom. The molecule has 0 radical (unpaired) electrons. The third-order valence-electron chi connectivity index (χ3n) is 20.3. The lowest BCUT2D eigenvalue weighted by molar-refractivity contribution is -0.301. The molecule has 6 aliphatic rings. The standard InChI is InChI=1S/C38H46N6O14.C30H31N3O8.C8H15N3O6/c1-3-22-23-13-21(5-6-27(23)40-30-24(22)16-44-28(30)14-26-25(34(44)49)19-56-36(50)38(26,52)4-2)57-37(51)39-7-9-53-11-12-54-18-20-15-43(42-41-20)8-10-55-35-33(48)32(47)31(46)29(17-45)58-35;1-4-10-38-12-13-39-11-9-31-29(36)41-18-7-8-24-20(14-18)19(5-2)21-16-33-25(26(21)32-24)15-23-22(27(33)34)17-40-28(35)30(23,37)6-3;9-11-10-1-2-16-8-7(15)6(14)5(13)4(3-12)17-8/h5-6,13-15,29,31-33,35,45-48,52H,3-4,7-12,16-19H2,1-2H3,(H,39,51);1,7-8,14-15,37H,5-6,9-13,16-17H2,2-3H3,(H,31,36);4-8,12-15H,1-3H2/t29-,31-,32+,33-,35-,38?;;4-,5-,6+,7-,8-/m0.0/s1. The summed E-state index contributed by atoms with van der Waals surface area (Å²) < 4.78 is 68.5. The Labute approximate surface area is 660 Å².